The van der Waals surface area contributed by atoms with E-state index in [9.17, 15) is 14.4 Å². The van der Waals surface area contributed by atoms with Crippen molar-refractivity contribution in [2.45, 2.75) is 18.9 Å². The largest absolute Gasteiger partial charge is 0.462 e. The van der Waals surface area contributed by atoms with Crippen LogP contribution in [0.3, 0.4) is 0 Å². The summed E-state index contributed by atoms with van der Waals surface area (Å²) < 4.78 is 5.41. The second-order valence-corrected chi connectivity index (χ2v) is 7.81. The van der Waals surface area contributed by atoms with Crippen LogP contribution in [0.2, 0.25) is 0 Å². The van der Waals surface area contributed by atoms with Crippen molar-refractivity contribution in [3.05, 3.63) is 60.2 Å². The number of fused-ring (bicyclic) bond motifs is 1. The number of carbonyl (C=O) groups excluding carboxylic acids is 3. The Hall–Kier alpha value is -3.15. The lowest BCUT2D eigenvalue weighted by Crippen LogP contribution is -2.35. The Labute approximate surface area is 162 Å². The molecule has 0 spiro atoms. The summed E-state index contributed by atoms with van der Waals surface area (Å²) in [5.41, 5.74) is 1.76. The van der Waals surface area contributed by atoms with Crippen molar-refractivity contribution in [2.75, 3.05) is 10.6 Å². The third kappa shape index (κ3) is 2.76. The molecule has 2 aromatic rings. The number of anilines is 2. The zero-order chi connectivity index (χ0) is 19.3. The number of nitrogens with one attached hydrogen (secondary N) is 2. The van der Waals surface area contributed by atoms with Crippen molar-refractivity contribution in [3.63, 3.8) is 0 Å². The first-order chi connectivity index (χ1) is 13.6. The van der Waals surface area contributed by atoms with Crippen LogP contribution in [0.25, 0.3) is 0 Å². The van der Waals surface area contributed by atoms with E-state index in [0.29, 0.717) is 16.9 Å². The molecule has 1 heterocycles. The maximum Gasteiger partial charge on any atom is 0.310 e. The number of hydrogen-bond acceptors (Lipinski definition) is 4. The summed E-state index contributed by atoms with van der Waals surface area (Å²) in [7, 11) is 0. The molecule has 5 rings (SSSR count). The number of benzene rings is 2. The predicted octanol–water partition coefficient (Wildman–Crippen LogP) is 3.08. The molecule has 28 heavy (non-hydrogen) atoms. The monoisotopic (exact) mass is 376 g/mol. The standard InChI is InChI=1S/C22H20N2O4/c25-20(12-5-2-1-3-6-12)23-14-7-4-8-15(11-14)24-21(26)18-13-9-16-17(10-13)28-22(27)19(16)18/h1-8,11,13,16-19H,9-10H2,(H,23,25)(H,24,26)/t13-,16-,17+,18+,19-/m0/s1. The molecule has 3 fully saturated rings. The van der Waals surface area contributed by atoms with E-state index >= 15 is 0 Å². The molecule has 6 nitrogen and oxygen atoms in total. The van der Waals surface area contributed by atoms with Gasteiger partial charge >= 0.3 is 5.97 Å². The molecule has 5 atom stereocenters. The molecule has 2 aliphatic carbocycles. The lowest BCUT2D eigenvalue weighted by molar-refractivity contribution is -0.145. The molecular weight excluding hydrogens is 356 g/mol. The van der Waals surface area contributed by atoms with Gasteiger partial charge in [-0.15, -0.1) is 0 Å². The van der Waals surface area contributed by atoms with E-state index < -0.39 is 0 Å². The Kier molecular flexibility index (Phi) is 3.93. The molecule has 0 radical (unpaired) electrons. The number of hydrogen-bond donors (Lipinski definition) is 2. The van der Waals surface area contributed by atoms with Gasteiger partial charge in [0.15, 0.2) is 0 Å². The minimum Gasteiger partial charge on any atom is -0.462 e. The fourth-order valence-electron chi connectivity index (χ4n) is 5.06. The highest BCUT2D eigenvalue weighted by atomic mass is 16.6. The number of ether oxygens (including phenoxy) is 1. The minimum absolute atomic E-state index is 0.0167. The quantitative estimate of drug-likeness (QED) is 0.803. The van der Waals surface area contributed by atoms with Crippen molar-refractivity contribution in [1.29, 1.82) is 0 Å². The van der Waals surface area contributed by atoms with E-state index in [1.165, 1.54) is 0 Å². The molecule has 2 saturated carbocycles. The maximum absolute atomic E-state index is 12.9. The van der Waals surface area contributed by atoms with Crippen LogP contribution in [0.1, 0.15) is 23.2 Å². The van der Waals surface area contributed by atoms with Gasteiger partial charge in [0.05, 0.1) is 11.8 Å². The summed E-state index contributed by atoms with van der Waals surface area (Å²) >= 11 is 0. The van der Waals surface area contributed by atoms with Gasteiger partial charge in [-0.2, -0.15) is 0 Å². The van der Waals surface area contributed by atoms with Gasteiger partial charge in [-0.05, 0) is 49.1 Å². The molecule has 1 aliphatic heterocycles. The van der Waals surface area contributed by atoms with Gasteiger partial charge < -0.3 is 15.4 Å². The van der Waals surface area contributed by atoms with E-state index in [4.69, 9.17) is 4.74 Å². The molecule has 0 unspecified atom stereocenters. The SMILES string of the molecule is O=C(Nc1cccc(NC(=O)[C@@H]2[C@H]3C[C@@H]4[C@@H]2C(=O)O[C@@H]4C3)c1)c1ccccc1. The zero-order valence-corrected chi connectivity index (χ0v) is 15.1. The van der Waals surface area contributed by atoms with Crippen LogP contribution in [0.5, 0.6) is 0 Å². The lowest BCUT2D eigenvalue weighted by atomic mass is 9.79. The topological polar surface area (TPSA) is 84.5 Å². The van der Waals surface area contributed by atoms with Crippen LogP contribution in [0.15, 0.2) is 54.6 Å². The molecule has 2 amide bonds. The van der Waals surface area contributed by atoms with Crippen molar-refractivity contribution in [2.24, 2.45) is 23.7 Å². The molecule has 6 heteroatoms. The molecule has 0 aromatic heterocycles. The van der Waals surface area contributed by atoms with Gasteiger partial charge in [0, 0.05) is 22.9 Å². The van der Waals surface area contributed by atoms with Crippen LogP contribution in [0.4, 0.5) is 11.4 Å². The predicted molar refractivity (Wildman–Crippen MR) is 103 cm³/mol. The average Bonchev–Trinajstić information content (AvgIpc) is 3.31. The van der Waals surface area contributed by atoms with Crippen LogP contribution in [0, 0.1) is 23.7 Å². The Bertz CT molecular complexity index is 956. The van der Waals surface area contributed by atoms with Crippen LogP contribution in [-0.4, -0.2) is 23.9 Å². The lowest BCUT2D eigenvalue weighted by Gasteiger charge is -2.23. The summed E-state index contributed by atoms with van der Waals surface area (Å²) in [5, 5.41) is 5.77. The molecular formula is C22H20N2O4. The average molecular weight is 376 g/mol. The maximum atomic E-state index is 12.9. The van der Waals surface area contributed by atoms with Gasteiger partial charge in [0.1, 0.15) is 6.10 Å². The fraction of sp³-hybridized carbons (Fsp3) is 0.318. The molecule has 3 aliphatic rings. The fourth-order valence-corrected chi connectivity index (χ4v) is 5.06. The van der Waals surface area contributed by atoms with Crippen molar-refractivity contribution in [1.82, 2.24) is 0 Å². The Morgan fingerprint density at radius 3 is 2.46 bits per heavy atom. The van der Waals surface area contributed by atoms with Crippen molar-refractivity contribution in [3.8, 4) is 0 Å². The summed E-state index contributed by atoms with van der Waals surface area (Å²) in [6, 6.07) is 16.0. The second-order valence-electron chi connectivity index (χ2n) is 7.81. The van der Waals surface area contributed by atoms with E-state index in [0.717, 1.165) is 12.8 Å². The van der Waals surface area contributed by atoms with Crippen LogP contribution >= 0.6 is 0 Å². The zero-order valence-electron chi connectivity index (χ0n) is 15.1. The van der Waals surface area contributed by atoms with E-state index in [1.807, 2.05) is 6.07 Å². The third-order valence-electron chi connectivity index (χ3n) is 6.21. The molecule has 2 N–H and O–H groups in total. The van der Waals surface area contributed by atoms with E-state index in [2.05, 4.69) is 10.6 Å². The van der Waals surface area contributed by atoms with Crippen molar-refractivity contribution >= 4 is 29.2 Å². The highest BCUT2D eigenvalue weighted by molar-refractivity contribution is 6.04. The van der Waals surface area contributed by atoms with Gasteiger partial charge in [-0.1, -0.05) is 24.3 Å². The Morgan fingerprint density at radius 2 is 1.68 bits per heavy atom. The molecule has 2 aromatic carbocycles. The van der Waals surface area contributed by atoms with Gasteiger partial charge in [0.25, 0.3) is 5.91 Å². The first-order valence-electron chi connectivity index (χ1n) is 9.58. The summed E-state index contributed by atoms with van der Waals surface area (Å²) in [4.78, 5) is 37.3. The van der Waals surface area contributed by atoms with Gasteiger partial charge in [0.2, 0.25) is 5.91 Å². The second kappa shape index (κ2) is 6.48. The van der Waals surface area contributed by atoms with Gasteiger partial charge in [-0.3, -0.25) is 14.4 Å². The molecule has 142 valence electrons. The normalized spacial score (nSPS) is 29.4. The van der Waals surface area contributed by atoms with E-state index in [-0.39, 0.29) is 47.6 Å². The number of rotatable bonds is 4. The number of carbonyl (C=O) groups is 3. The smallest absolute Gasteiger partial charge is 0.310 e. The highest BCUT2D eigenvalue weighted by Crippen LogP contribution is 2.57. The van der Waals surface area contributed by atoms with Crippen LogP contribution < -0.4 is 10.6 Å². The summed E-state index contributed by atoms with van der Waals surface area (Å²) in [6.45, 7) is 0. The first-order valence-corrected chi connectivity index (χ1v) is 9.58. The van der Waals surface area contributed by atoms with Crippen LogP contribution in [-0.2, 0) is 14.3 Å². The highest BCUT2D eigenvalue weighted by Gasteiger charge is 2.63. The van der Waals surface area contributed by atoms with Crippen molar-refractivity contribution < 1.29 is 19.1 Å². The summed E-state index contributed by atoms with van der Waals surface area (Å²) in [5.74, 6) is -0.780. The third-order valence-corrected chi connectivity index (χ3v) is 6.21. The Morgan fingerprint density at radius 1 is 0.929 bits per heavy atom. The molecule has 1 saturated heterocycles. The first kappa shape index (κ1) is 17.0. The summed E-state index contributed by atoms with van der Waals surface area (Å²) in [6.07, 6.45) is 1.70. The number of amides is 2. The minimum atomic E-state index is -0.321. The molecule has 2 bridgehead atoms. The van der Waals surface area contributed by atoms with Gasteiger partial charge in [-0.25, -0.2) is 0 Å². The Balaban J connectivity index is 1.29. The number of esters is 1. The van der Waals surface area contributed by atoms with E-state index in [1.54, 1.807) is 48.5 Å².